The van der Waals surface area contributed by atoms with Crippen LogP contribution in [0.1, 0.15) is 12.5 Å². The molecule has 0 aromatic heterocycles. The molecule has 0 bridgehead atoms. The maximum absolute atomic E-state index is 12.0. The molecule has 0 spiro atoms. The van der Waals surface area contributed by atoms with Crippen LogP contribution in [-0.4, -0.2) is 31.8 Å². The van der Waals surface area contributed by atoms with Gasteiger partial charge in [0.15, 0.2) is 0 Å². The Labute approximate surface area is 115 Å². The van der Waals surface area contributed by atoms with Crippen LogP contribution in [0, 0.1) is 6.92 Å². The van der Waals surface area contributed by atoms with Crippen LogP contribution in [0.2, 0.25) is 0 Å². The average molecular weight is 313 g/mol. The van der Waals surface area contributed by atoms with Crippen molar-refractivity contribution in [3.63, 3.8) is 0 Å². The van der Waals surface area contributed by atoms with Gasteiger partial charge in [0.1, 0.15) is 5.60 Å². The van der Waals surface area contributed by atoms with E-state index in [-0.39, 0.29) is 6.09 Å². The van der Waals surface area contributed by atoms with Crippen LogP contribution in [0.25, 0.3) is 0 Å². The summed E-state index contributed by atoms with van der Waals surface area (Å²) < 4.78 is 6.46. The number of aryl methyl sites for hydroxylation is 1. The molecule has 1 aromatic rings. The molecule has 0 radical (unpaired) electrons. The number of nitrogens with one attached hydrogen (secondary N) is 1. The van der Waals surface area contributed by atoms with E-state index in [1.165, 1.54) is 0 Å². The number of ether oxygens (including phenoxy) is 1. The second-order valence-electron chi connectivity index (χ2n) is 4.87. The first-order valence-corrected chi connectivity index (χ1v) is 6.66. The van der Waals surface area contributed by atoms with E-state index in [4.69, 9.17) is 4.74 Å². The van der Waals surface area contributed by atoms with E-state index < -0.39 is 5.60 Å². The summed E-state index contributed by atoms with van der Waals surface area (Å²) in [6.45, 7) is 5.14. The highest BCUT2D eigenvalue weighted by Crippen LogP contribution is 2.31. The monoisotopic (exact) mass is 312 g/mol. The van der Waals surface area contributed by atoms with Gasteiger partial charge in [0, 0.05) is 11.0 Å². The molecule has 1 aliphatic heterocycles. The third-order valence-corrected chi connectivity index (χ3v) is 3.54. The molecule has 0 aliphatic carbocycles. The van der Waals surface area contributed by atoms with Crippen LogP contribution in [0.3, 0.4) is 0 Å². The SMILES string of the molecule is CNCC1(C)CN(c2ccc(Br)cc2C)C(=O)O1. The van der Waals surface area contributed by atoms with Crippen LogP contribution >= 0.6 is 15.9 Å². The summed E-state index contributed by atoms with van der Waals surface area (Å²) >= 11 is 3.42. The molecule has 1 amide bonds. The number of amides is 1. The maximum atomic E-state index is 12.0. The van der Waals surface area contributed by atoms with Crippen LogP contribution in [0.4, 0.5) is 10.5 Å². The Morgan fingerprint density at radius 1 is 1.56 bits per heavy atom. The molecule has 1 aliphatic rings. The van der Waals surface area contributed by atoms with Crippen molar-refractivity contribution in [1.29, 1.82) is 0 Å². The minimum absolute atomic E-state index is 0.279. The molecule has 1 heterocycles. The van der Waals surface area contributed by atoms with Gasteiger partial charge < -0.3 is 10.1 Å². The van der Waals surface area contributed by atoms with Gasteiger partial charge in [-0.25, -0.2) is 4.79 Å². The summed E-state index contributed by atoms with van der Waals surface area (Å²) in [5.41, 5.74) is 1.49. The average Bonchev–Trinajstić information content (AvgIpc) is 2.54. The van der Waals surface area contributed by atoms with Crippen molar-refractivity contribution < 1.29 is 9.53 Å². The van der Waals surface area contributed by atoms with Gasteiger partial charge in [-0.05, 0) is 44.7 Å². The molecule has 1 fully saturated rings. The van der Waals surface area contributed by atoms with Crippen molar-refractivity contribution in [2.45, 2.75) is 19.4 Å². The molecule has 1 atom stereocenters. The Bertz CT molecular complexity index is 478. The lowest BCUT2D eigenvalue weighted by Crippen LogP contribution is -2.40. The Hall–Kier alpha value is -1.07. The van der Waals surface area contributed by atoms with Gasteiger partial charge in [-0.3, -0.25) is 4.90 Å². The van der Waals surface area contributed by atoms with Crippen LogP contribution in [-0.2, 0) is 4.74 Å². The number of likely N-dealkylation sites (N-methyl/N-ethyl adjacent to an activating group) is 1. The Morgan fingerprint density at radius 3 is 2.89 bits per heavy atom. The van der Waals surface area contributed by atoms with E-state index in [1.807, 2.05) is 39.1 Å². The van der Waals surface area contributed by atoms with Gasteiger partial charge in [-0.15, -0.1) is 0 Å². The van der Waals surface area contributed by atoms with E-state index in [1.54, 1.807) is 4.90 Å². The lowest BCUT2D eigenvalue weighted by Gasteiger charge is -2.21. The molecule has 1 aromatic carbocycles. The van der Waals surface area contributed by atoms with Crippen molar-refractivity contribution in [3.05, 3.63) is 28.2 Å². The lowest BCUT2D eigenvalue weighted by molar-refractivity contribution is 0.0734. The Kier molecular flexibility index (Phi) is 3.64. The van der Waals surface area contributed by atoms with Gasteiger partial charge in [0.05, 0.1) is 12.2 Å². The van der Waals surface area contributed by atoms with Crippen molar-refractivity contribution >= 4 is 27.7 Å². The molecule has 98 valence electrons. The number of carbonyl (C=O) groups excluding carboxylic acids is 1. The Morgan fingerprint density at radius 2 is 2.28 bits per heavy atom. The molecule has 0 saturated carbocycles. The zero-order chi connectivity index (χ0) is 13.3. The summed E-state index contributed by atoms with van der Waals surface area (Å²) in [5.74, 6) is 0. The number of hydrogen-bond acceptors (Lipinski definition) is 3. The van der Waals surface area contributed by atoms with Gasteiger partial charge in [0.2, 0.25) is 0 Å². The number of anilines is 1. The van der Waals surface area contributed by atoms with Gasteiger partial charge in [0.25, 0.3) is 0 Å². The van der Waals surface area contributed by atoms with E-state index in [9.17, 15) is 4.79 Å². The molecule has 1 unspecified atom stereocenters. The highest BCUT2D eigenvalue weighted by Gasteiger charge is 2.41. The molecule has 4 nitrogen and oxygen atoms in total. The number of cyclic esters (lactones) is 1. The van der Waals surface area contributed by atoms with E-state index in [0.29, 0.717) is 13.1 Å². The summed E-state index contributed by atoms with van der Waals surface area (Å²) in [6, 6.07) is 5.87. The van der Waals surface area contributed by atoms with Crippen molar-refractivity contribution in [1.82, 2.24) is 5.32 Å². The fourth-order valence-electron chi connectivity index (χ4n) is 2.27. The molecular weight excluding hydrogens is 296 g/mol. The molecule has 1 N–H and O–H groups in total. The number of nitrogens with zero attached hydrogens (tertiary/aromatic N) is 1. The first-order chi connectivity index (χ1) is 8.45. The second-order valence-corrected chi connectivity index (χ2v) is 5.78. The number of hydrogen-bond donors (Lipinski definition) is 1. The minimum Gasteiger partial charge on any atom is -0.440 e. The molecule has 1 saturated heterocycles. The summed E-state index contributed by atoms with van der Waals surface area (Å²) in [5, 5.41) is 3.06. The number of carbonyl (C=O) groups is 1. The van der Waals surface area contributed by atoms with Crippen molar-refractivity contribution in [2.24, 2.45) is 0 Å². The first kappa shape index (κ1) is 13.4. The fraction of sp³-hybridized carbons (Fsp3) is 0.462. The zero-order valence-electron chi connectivity index (χ0n) is 10.8. The van der Waals surface area contributed by atoms with Crippen molar-refractivity contribution in [3.8, 4) is 0 Å². The van der Waals surface area contributed by atoms with Gasteiger partial charge >= 0.3 is 6.09 Å². The molecule has 18 heavy (non-hydrogen) atoms. The van der Waals surface area contributed by atoms with E-state index >= 15 is 0 Å². The summed E-state index contributed by atoms with van der Waals surface area (Å²) in [6.07, 6.45) is -0.279. The van der Waals surface area contributed by atoms with E-state index in [2.05, 4.69) is 21.2 Å². The van der Waals surface area contributed by atoms with Crippen LogP contribution in [0.5, 0.6) is 0 Å². The van der Waals surface area contributed by atoms with Crippen LogP contribution < -0.4 is 10.2 Å². The summed E-state index contributed by atoms with van der Waals surface area (Å²) in [4.78, 5) is 13.7. The standard InChI is InChI=1S/C13H17BrN2O2/c1-9-6-10(14)4-5-11(9)16-8-13(2,7-15-3)18-12(16)17/h4-6,15H,7-8H2,1-3H3. The topological polar surface area (TPSA) is 41.6 Å². The fourth-order valence-corrected chi connectivity index (χ4v) is 2.74. The minimum atomic E-state index is -0.467. The van der Waals surface area contributed by atoms with Gasteiger partial charge in [-0.1, -0.05) is 15.9 Å². The number of halogens is 1. The highest BCUT2D eigenvalue weighted by molar-refractivity contribution is 9.10. The highest BCUT2D eigenvalue weighted by atomic mass is 79.9. The third-order valence-electron chi connectivity index (χ3n) is 3.05. The largest absolute Gasteiger partial charge is 0.440 e. The van der Waals surface area contributed by atoms with Crippen LogP contribution in [0.15, 0.2) is 22.7 Å². The smallest absolute Gasteiger partial charge is 0.415 e. The number of rotatable bonds is 3. The van der Waals surface area contributed by atoms with E-state index in [0.717, 1.165) is 15.7 Å². The first-order valence-electron chi connectivity index (χ1n) is 5.86. The molecular formula is C13H17BrN2O2. The van der Waals surface area contributed by atoms with Crippen molar-refractivity contribution in [2.75, 3.05) is 25.0 Å². The Balaban J connectivity index is 2.27. The maximum Gasteiger partial charge on any atom is 0.415 e. The normalized spacial score (nSPS) is 23.3. The summed E-state index contributed by atoms with van der Waals surface area (Å²) in [7, 11) is 1.85. The van der Waals surface area contributed by atoms with Gasteiger partial charge in [-0.2, -0.15) is 0 Å². The quantitative estimate of drug-likeness (QED) is 0.933. The molecule has 2 rings (SSSR count). The third kappa shape index (κ3) is 2.52. The predicted molar refractivity (Wildman–Crippen MR) is 75.0 cm³/mol. The molecule has 5 heteroatoms. The zero-order valence-corrected chi connectivity index (χ0v) is 12.4. The second kappa shape index (κ2) is 4.90. The lowest BCUT2D eigenvalue weighted by atomic mass is 10.1. The number of benzene rings is 1. The predicted octanol–water partition coefficient (Wildman–Crippen LogP) is 2.69.